The second-order valence-corrected chi connectivity index (χ2v) is 8.81. The topological polar surface area (TPSA) is 112 Å². The van der Waals surface area contributed by atoms with E-state index in [-0.39, 0.29) is 16.3 Å². The van der Waals surface area contributed by atoms with E-state index in [4.69, 9.17) is 5.14 Å². The molecule has 0 aromatic carbocycles. The Morgan fingerprint density at radius 3 is 2.53 bits per heavy atom. The van der Waals surface area contributed by atoms with Crippen LogP contribution >= 0.6 is 0 Å². The third-order valence-corrected chi connectivity index (χ3v) is 5.93. The lowest BCUT2D eigenvalue weighted by Crippen LogP contribution is -2.28. The van der Waals surface area contributed by atoms with Crippen molar-refractivity contribution in [1.29, 1.82) is 0 Å². The Kier molecular flexibility index (Phi) is 3.72. The minimum absolute atomic E-state index is 0.0449. The molecule has 1 aromatic rings. The van der Waals surface area contributed by atoms with E-state index in [2.05, 4.69) is 4.98 Å². The average molecular weight is 307 g/mol. The van der Waals surface area contributed by atoms with Gasteiger partial charge in [0.25, 0.3) is 10.0 Å². The van der Waals surface area contributed by atoms with Crippen LogP contribution in [0, 0.1) is 0 Å². The first-order valence-electron chi connectivity index (χ1n) is 5.93. The second-order valence-electron chi connectivity index (χ2n) is 4.98. The lowest BCUT2D eigenvalue weighted by Gasteiger charge is -2.28. The van der Waals surface area contributed by atoms with E-state index in [1.165, 1.54) is 18.8 Å². The molecule has 1 aromatic heterocycles. The number of aromatic nitrogens is 2. The summed E-state index contributed by atoms with van der Waals surface area (Å²) in [5.41, 5.74) is 0. The highest BCUT2D eigenvalue weighted by Crippen LogP contribution is 2.32. The summed E-state index contributed by atoms with van der Waals surface area (Å²) in [5.74, 6) is 0. The maximum Gasteiger partial charge on any atom is 0.257 e. The van der Waals surface area contributed by atoms with Gasteiger partial charge in [-0.05, 0) is 19.3 Å². The first kappa shape index (κ1) is 14.5. The number of primary sulfonamides is 1. The van der Waals surface area contributed by atoms with Gasteiger partial charge in [0.1, 0.15) is 9.84 Å². The summed E-state index contributed by atoms with van der Waals surface area (Å²) in [5, 5.41) is 4.44. The molecule has 19 heavy (non-hydrogen) atoms. The number of nitrogens with zero attached hydrogens (tertiary/aromatic N) is 2. The zero-order chi connectivity index (χ0) is 14.3. The summed E-state index contributed by atoms with van der Waals surface area (Å²) in [6.45, 7) is 0. The van der Waals surface area contributed by atoms with Crippen LogP contribution in [0.3, 0.4) is 0 Å². The fourth-order valence-electron chi connectivity index (χ4n) is 2.44. The summed E-state index contributed by atoms with van der Waals surface area (Å²) in [7, 11) is -6.88. The number of sulfone groups is 1. The van der Waals surface area contributed by atoms with Crippen molar-refractivity contribution in [2.75, 3.05) is 6.26 Å². The van der Waals surface area contributed by atoms with Crippen molar-refractivity contribution in [3.8, 4) is 0 Å². The van der Waals surface area contributed by atoms with Crippen LogP contribution in [0.25, 0.3) is 0 Å². The van der Waals surface area contributed by atoms with E-state index in [0.29, 0.717) is 12.8 Å². The fourth-order valence-corrected chi connectivity index (χ4v) is 4.07. The Balaban J connectivity index is 2.21. The zero-order valence-corrected chi connectivity index (χ0v) is 12.2. The van der Waals surface area contributed by atoms with Crippen LogP contribution in [0.5, 0.6) is 0 Å². The van der Waals surface area contributed by atoms with Crippen molar-refractivity contribution in [2.24, 2.45) is 5.14 Å². The van der Waals surface area contributed by atoms with E-state index in [1.54, 1.807) is 4.57 Å². The van der Waals surface area contributed by atoms with Gasteiger partial charge in [-0.1, -0.05) is 6.42 Å². The minimum Gasteiger partial charge on any atom is -0.333 e. The van der Waals surface area contributed by atoms with Gasteiger partial charge < -0.3 is 4.57 Å². The minimum atomic E-state index is -3.81. The van der Waals surface area contributed by atoms with Gasteiger partial charge in [-0.2, -0.15) is 0 Å². The first-order valence-corrected chi connectivity index (χ1v) is 9.43. The van der Waals surface area contributed by atoms with Crippen molar-refractivity contribution >= 4 is 19.9 Å². The van der Waals surface area contributed by atoms with Crippen molar-refractivity contribution < 1.29 is 16.8 Å². The predicted molar refractivity (Wildman–Crippen MR) is 69.7 cm³/mol. The van der Waals surface area contributed by atoms with E-state index in [0.717, 1.165) is 12.8 Å². The zero-order valence-electron chi connectivity index (χ0n) is 10.6. The Bertz CT molecular complexity index is 663. The molecule has 108 valence electrons. The molecule has 2 rings (SSSR count). The van der Waals surface area contributed by atoms with Crippen molar-refractivity contribution in [3.05, 3.63) is 12.5 Å². The number of sulfonamides is 1. The standard InChI is InChI=1S/C10H17N3O4S2/c1-18(14,15)9-4-2-3-8(5-9)13-6-10(12-7-13)19(11,16)17/h6-9H,2-5H2,1H3,(H2,11,16,17). The molecule has 1 fully saturated rings. The largest absolute Gasteiger partial charge is 0.333 e. The Labute approximate surface area is 112 Å². The molecule has 2 atom stereocenters. The molecule has 0 spiro atoms. The van der Waals surface area contributed by atoms with Crippen LogP contribution < -0.4 is 5.14 Å². The molecule has 1 aliphatic carbocycles. The van der Waals surface area contributed by atoms with Crippen LogP contribution in [0.15, 0.2) is 17.6 Å². The number of nitrogens with two attached hydrogens (primary N) is 1. The molecule has 9 heteroatoms. The molecule has 2 unspecified atom stereocenters. The molecule has 0 radical (unpaired) electrons. The summed E-state index contributed by atoms with van der Waals surface area (Å²) >= 11 is 0. The molecule has 0 amide bonds. The smallest absolute Gasteiger partial charge is 0.257 e. The molecule has 1 saturated carbocycles. The third kappa shape index (κ3) is 3.34. The number of hydrogen-bond donors (Lipinski definition) is 1. The lowest BCUT2D eigenvalue weighted by atomic mass is 9.95. The maximum absolute atomic E-state index is 11.6. The monoisotopic (exact) mass is 307 g/mol. The fraction of sp³-hybridized carbons (Fsp3) is 0.700. The van der Waals surface area contributed by atoms with E-state index in [1.807, 2.05) is 0 Å². The lowest BCUT2D eigenvalue weighted by molar-refractivity contribution is 0.352. The molecule has 2 N–H and O–H groups in total. The molecule has 7 nitrogen and oxygen atoms in total. The highest BCUT2D eigenvalue weighted by atomic mass is 32.2. The molecular weight excluding hydrogens is 290 g/mol. The quantitative estimate of drug-likeness (QED) is 0.848. The SMILES string of the molecule is CS(=O)(=O)C1CCCC(n2cnc(S(N)(=O)=O)c2)C1. The Morgan fingerprint density at radius 2 is 2.00 bits per heavy atom. The second kappa shape index (κ2) is 4.88. The Hall–Kier alpha value is -0.930. The van der Waals surface area contributed by atoms with Crippen LogP contribution in [-0.2, 0) is 19.9 Å². The maximum atomic E-state index is 11.6. The van der Waals surface area contributed by atoms with Crippen LogP contribution in [-0.4, -0.2) is 37.9 Å². The summed E-state index contributed by atoms with van der Waals surface area (Å²) in [6, 6.07) is -0.0449. The van der Waals surface area contributed by atoms with Crippen LogP contribution in [0.1, 0.15) is 31.7 Å². The number of imidazole rings is 1. The third-order valence-electron chi connectivity index (χ3n) is 3.49. The van der Waals surface area contributed by atoms with Crippen molar-refractivity contribution in [1.82, 2.24) is 9.55 Å². The van der Waals surface area contributed by atoms with E-state index >= 15 is 0 Å². The summed E-state index contributed by atoms with van der Waals surface area (Å²) < 4.78 is 47.1. The van der Waals surface area contributed by atoms with Crippen molar-refractivity contribution in [3.63, 3.8) is 0 Å². The number of rotatable bonds is 3. The van der Waals surface area contributed by atoms with Gasteiger partial charge in [0.15, 0.2) is 5.03 Å². The van der Waals surface area contributed by atoms with Crippen LogP contribution in [0.4, 0.5) is 0 Å². The average Bonchev–Trinajstić information content (AvgIpc) is 2.77. The van der Waals surface area contributed by atoms with Gasteiger partial charge in [0.05, 0.1) is 11.6 Å². The summed E-state index contributed by atoms with van der Waals surface area (Å²) in [6.07, 6.45) is 6.76. The first-order chi connectivity index (χ1) is 8.68. The van der Waals surface area contributed by atoms with E-state index in [9.17, 15) is 16.8 Å². The van der Waals surface area contributed by atoms with Gasteiger partial charge in [-0.15, -0.1) is 0 Å². The summed E-state index contributed by atoms with van der Waals surface area (Å²) in [4.78, 5) is 3.75. The highest BCUT2D eigenvalue weighted by Gasteiger charge is 2.30. The number of hydrogen-bond acceptors (Lipinski definition) is 5. The molecule has 0 bridgehead atoms. The van der Waals surface area contributed by atoms with Gasteiger partial charge in [-0.25, -0.2) is 27.0 Å². The molecule has 0 saturated heterocycles. The predicted octanol–water partition coefficient (Wildman–Crippen LogP) is 0.0588. The Morgan fingerprint density at radius 1 is 1.32 bits per heavy atom. The molecule has 0 aliphatic heterocycles. The van der Waals surface area contributed by atoms with Gasteiger partial charge in [0.2, 0.25) is 0 Å². The van der Waals surface area contributed by atoms with Gasteiger partial charge in [0, 0.05) is 18.5 Å². The van der Waals surface area contributed by atoms with Crippen LogP contribution in [0.2, 0.25) is 0 Å². The van der Waals surface area contributed by atoms with Gasteiger partial charge in [-0.3, -0.25) is 0 Å². The van der Waals surface area contributed by atoms with Crippen molar-refractivity contribution in [2.45, 2.75) is 42.0 Å². The molecule has 1 heterocycles. The highest BCUT2D eigenvalue weighted by molar-refractivity contribution is 7.91. The molecular formula is C10H17N3O4S2. The van der Waals surface area contributed by atoms with Gasteiger partial charge >= 0.3 is 0 Å². The molecule has 1 aliphatic rings. The van der Waals surface area contributed by atoms with E-state index < -0.39 is 19.9 Å². The normalized spacial score (nSPS) is 25.4.